The van der Waals surface area contributed by atoms with E-state index in [0.29, 0.717) is 6.10 Å². The van der Waals surface area contributed by atoms with Crippen LogP contribution in [0, 0.1) is 0 Å². The molecular weight excluding hydrogens is 260 g/mol. The second-order valence-electron chi connectivity index (χ2n) is 6.38. The third kappa shape index (κ3) is 4.53. The third-order valence-corrected chi connectivity index (χ3v) is 4.54. The van der Waals surface area contributed by atoms with Crippen LogP contribution in [-0.4, -0.2) is 36.7 Å². The van der Waals surface area contributed by atoms with E-state index in [1.165, 1.54) is 43.4 Å². The van der Waals surface area contributed by atoms with Crippen molar-refractivity contribution in [1.29, 1.82) is 0 Å². The third-order valence-electron chi connectivity index (χ3n) is 4.54. The van der Waals surface area contributed by atoms with Gasteiger partial charge in [0, 0.05) is 32.3 Å². The number of nitrogens with one attached hydrogen (secondary N) is 1. The molecule has 1 heterocycles. The second kappa shape index (κ2) is 7.39. The van der Waals surface area contributed by atoms with Crippen molar-refractivity contribution in [2.45, 2.75) is 57.8 Å². The minimum Gasteiger partial charge on any atom is -0.377 e. The van der Waals surface area contributed by atoms with Gasteiger partial charge in [0.2, 0.25) is 0 Å². The van der Waals surface area contributed by atoms with Crippen LogP contribution in [-0.2, 0) is 17.8 Å². The van der Waals surface area contributed by atoms with Gasteiger partial charge in [-0.1, -0.05) is 24.3 Å². The Kier molecular flexibility index (Phi) is 5.28. The number of benzene rings is 1. The Labute approximate surface area is 128 Å². The van der Waals surface area contributed by atoms with Crippen LogP contribution in [0.4, 0.5) is 0 Å². The fourth-order valence-corrected chi connectivity index (χ4v) is 3.20. The summed E-state index contributed by atoms with van der Waals surface area (Å²) in [5.41, 5.74) is 2.94. The van der Waals surface area contributed by atoms with E-state index in [-0.39, 0.29) is 0 Å². The summed E-state index contributed by atoms with van der Waals surface area (Å²) in [6.45, 7) is 7.29. The van der Waals surface area contributed by atoms with Gasteiger partial charge in [-0.2, -0.15) is 0 Å². The first-order chi connectivity index (χ1) is 10.3. The Hall–Kier alpha value is -0.900. The standard InChI is InChI=1S/C18H28N2O/c1-2-21-18-8-5-11-20(14-18)13-16-7-4-3-6-15(16)12-19-17-9-10-17/h3-4,6-7,17-19H,2,5,8-14H2,1H3. The van der Waals surface area contributed by atoms with E-state index in [4.69, 9.17) is 4.74 Å². The summed E-state index contributed by atoms with van der Waals surface area (Å²) < 4.78 is 5.81. The van der Waals surface area contributed by atoms with Gasteiger partial charge < -0.3 is 10.1 Å². The van der Waals surface area contributed by atoms with Crippen molar-refractivity contribution < 1.29 is 4.74 Å². The monoisotopic (exact) mass is 288 g/mol. The Bertz CT molecular complexity index is 443. The molecular formula is C18H28N2O. The van der Waals surface area contributed by atoms with E-state index < -0.39 is 0 Å². The van der Waals surface area contributed by atoms with Crippen LogP contribution >= 0.6 is 0 Å². The Morgan fingerprint density at radius 1 is 1.19 bits per heavy atom. The molecule has 1 N–H and O–H groups in total. The van der Waals surface area contributed by atoms with Crippen LogP contribution in [0.2, 0.25) is 0 Å². The molecule has 1 unspecified atom stereocenters. The molecule has 0 bridgehead atoms. The Morgan fingerprint density at radius 2 is 2.00 bits per heavy atom. The summed E-state index contributed by atoms with van der Waals surface area (Å²) >= 11 is 0. The van der Waals surface area contributed by atoms with E-state index in [9.17, 15) is 0 Å². The molecule has 0 spiro atoms. The number of hydrogen-bond acceptors (Lipinski definition) is 3. The lowest BCUT2D eigenvalue weighted by molar-refractivity contribution is 0.00356. The molecule has 1 aliphatic carbocycles. The number of ether oxygens (including phenoxy) is 1. The molecule has 0 amide bonds. The van der Waals surface area contributed by atoms with Gasteiger partial charge in [0.1, 0.15) is 0 Å². The number of likely N-dealkylation sites (tertiary alicyclic amines) is 1. The van der Waals surface area contributed by atoms with Gasteiger partial charge in [-0.25, -0.2) is 0 Å². The Balaban J connectivity index is 1.57. The zero-order chi connectivity index (χ0) is 14.5. The quantitative estimate of drug-likeness (QED) is 0.835. The lowest BCUT2D eigenvalue weighted by Crippen LogP contribution is -2.39. The van der Waals surface area contributed by atoms with Crippen LogP contribution in [0.5, 0.6) is 0 Å². The summed E-state index contributed by atoms with van der Waals surface area (Å²) in [4.78, 5) is 2.56. The molecule has 3 nitrogen and oxygen atoms in total. The number of nitrogens with zero attached hydrogens (tertiary/aromatic N) is 1. The molecule has 1 saturated heterocycles. The van der Waals surface area contributed by atoms with Crippen LogP contribution in [0.1, 0.15) is 43.7 Å². The zero-order valence-corrected chi connectivity index (χ0v) is 13.2. The first-order valence-electron chi connectivity index (χ1n) is 8.49. The molecule has 2 fully saturated rings. The molecule has 0 radical (unpaired) electrons. The molecule has 1 atom stereocenters. The first-order valence-corrected chi connectivity index (χ1v) is 8.49. The number of hydrogen-bond donors (Lipinski definition) is 1. The summed E-state index contributed by atoms with van der Waals surface area (Å²) in [6.07, 6.45) is 5.61. The highest BCUT2D eigenvalue weighted by Gasteiger charge is 2.22. The second-order valence-corrected chi connectivity index (χ2v) is 6.38. The van der Waals surface area contributed by atoms with E-state index in [1.54, 1.807) is 0 Å². The Morgan fingerprint density at radius 3 is 2.76 bits per heavy atom. The number of piperidine rings is 1. The van der Waals surface area contributed by atoms with Gasteiger partial charge in [0.25, 0.3) is 0 Å². The minimum absolute atomic E-state index is 0.431. The fraction of sp³-hybridized carbons (Fsp3) is 0.667. The van der Waals surface area contributed by atoms with Crippen molar-refractivity contribution in [3.8, 4) is 0 Å². The van der Waals surface area contributed by atoms with Gasteiger partial charge in [-0.3, -0.25) is 4.90 Å². The maximum absolute atomic E-state index is 5.81. The van der Waals surface area contributed by atoms with E-state index in [1.807, 2.05) is 0 Å². The molecule has 3 rings (SSSR count). The summed E-state index contributed by atoms with van der Waals surface area (Å²) in [5.74, 6) is 0. The van der Waals surface area contributed by atoms with Gasteiger partial charge in [-0.05, 0) is 50.3 Å². The van der Waals surface area contributed by atoms with Crippen molar-refractivity contribution in [2.24, 2.45) is 0 Å². The molecule has 1 aromatic carbocycles. The van der Waals surface area contributed by atoms with E-state index >= 15 is 0 Å². The predicted molar refractivity (Wildman–Crippen MR) is 86.2 cm³/mol. The van der Waals surface area contributed by atoms with Crippen molar-refractivity contribution in [2.75, 3.05) is 19.7 Å². The lowest BCUT2D eigenvalue weighted by Gasteiger charge is -2.33. The SMILES string of the molecule is CCOC1CCCN(Cc2ccccc2CNC2CC2)C1. The zero-order valence-electron chi connectivity index (χ0n) is 13.2. The highest BCUT2D eigenvalue weighted by molar-refractivity contribution is 5.27. The van der Waals surface area contributed by atoms with Crippen molar-refractivity contribution >= 4 is 0 Å². The summed E-state index contributed by atoms with van der Waals surface area (Å²) in [7, 11) is 0. The molecule has 1 saturated carbocycles. The van der Waals surface area contributed by atoms with Crippen LogP contribution in [0.3, 0.4) is 0 Å². The van der Waals surface area contributed by atoms with Crippen molar-refractivity contribution in [3.63, 3.8) is 0 Å². The van der Waals surface area contributed by atoms with Gasteiger partial charge in [0.15, 0.2) is 0 Å². The normalized spacial score (nSPS) is 23.4. The van der Waals surface area contributed by atoms with Crippen molar-refractivity contribution in [1.82, 2.24) is 10.2 Å². The average Bonchev–Trinajstić information content (AvgIpc) is 3.31. The smallest absolute Gasteiger partial charge is 0.0702 e. The maximum Gasteiger partial charge on any atom is 0.0702 e. The van der Waals surface area contributed by atoms with Crippen LogP contribution in [0.15, 0.2) is 24.3 Å². The van der Waals surface area contributed by atoms with Gasteiger partial charge in [-0.15, -0.1) is 0 Å². The molecule has 1 aliphatic heterocycles. The van der Waals surface area contributed by atoms with Crippen LogP contribution < -0.4 is 5.32 Å². The molecule has 21 heavy (non-hydrogen) atoms. The summed E-state index contributed by atoms with van der Waals surface area (Å²) in [5, 5.41) is 3.64. The minimum atomic E-state index is 0.431. The molecule has 116 valence electrons. The first kappa shape index (κ1) is 15.0. The van der Waals surface area contributed by atoms with Gasteiger partial charge in [0.05, 0.1) is 6.10 Å². The molecule has 0 aromatic heterocycles. The molecule has 3 heteroatoms. The summed E-state index contributed by atoms with van der Waals surface area (Å²) in [6, 6.07) is 9.66. The van der Waals surface area contributed by atoms with Gasteiger partial charge >= 0.3 is 0 Å². The molecule has 2 aliphatic rings. The van der Waals surface area contributed by atoms with Crippen molar-refractivity contribution in [3.05, 3.63) is 35.4 Å². The average molecular weight is 288 g/mol. The lowest BCUT2D eigenvalue weighted by atomic mass is 10.0. The topological polar surface area (TPSA) is 24.5 Å². The highest BCUT2D eigenvalue weighted by Crippen LogP contribution is 2.21. The predicted octanol–water partition coefficient (Wildman–Crippen LogP) is 2.94. The highest BCUT2D eigenvalue weighted by atomic mass is 16.5. The van der Waals surface area contributed by atoms with E-state index in [0.717, 1.165) is 32.3 Å². The maximum atomic E-state index is 5.81. The largest absolute Gasteiger partial charge is 0.377 e. The fourth-order valence-electron chi connectivity index (χ4n) is 3.20. The van der Waals surface area contributed by atoms with Crippen LogP contribution in [0.25, 0.3) is 0 Å². The number of rotatable bonds is 7. The molecule has 1 aromatic rings. The van der Waals surface area contributed by atoms with E-state index in [2.05, 4.69) is 41.4 Å².